The molecule has 1 aromatic rings. The van der Waals surface area contributed by atoms with E-state index in [4.69, 9.17) is 17.0 Å². The first kappa shape index (κ1) is 15.6. The van der Waals surface area contributed by atoms with Gasteiger partial charge in [0.25, 0.3) is 5.91 Å². The average molecular weight is 421 g/mol. The first-order chi connectivity index (χ1) is 9.47. The minimum Gasteiger partial charge on any atom is -0.504 e. The van der Waals surface area contributed by atoms with Crippen LogP contribution in [0.25, 0.3) is 6.08 Å². The summed E-state index contributed by atoms with van der Waals surface area (Å²) in [6.45, 7) is 2.46. The molecule has 1 fully saturated rings. The number of aromatic hydroxyl groups is 1. The third-order valence-electron chi connectivity index (χ3n) is 2.76. The van der Waals surface area contributed by atoms with Crippen LogP contribution in [0.3, 0.4) is 0 Å². The Morgan fingerprint density at radius 2 is 2.25 bits per heavy atom. The Labute approximate surface area is 140 Å². The SMILES string of the molecule is CCN1C(=O)/C(=C/c2cc(I)c(O)c(OC)c2)SC1=S. The summed E-state index contributed by atoms with van der Waals surface area (Å²) in [6, 6.07) is 3.48. The predicted octanol–water partition coefficient (Wildman–Crippen LogP) is 3.23. The smallest absolute Gasteiger partial charge is 0.266 e. The van der Waals surface area contributed by atoms with Gasteiger partial charge in [-0.05, 0) is 53.3 Å². The molecule has 1 aliphatic heterocycles. The van der Waals surface area contributed by atoms with Gasteiger partial charge >= 0.3 is 0 Å². The van der Waals surface area contributed by atoms with Gasteiger partial charge in [0.15, 0.2) is 11.5 Å². The first-order valence-corrected chi connectivity index (χ1v) is 8.10. The van der Waals surface area contributed by atoms with Crippen molar-refractivity contribution in [3.63, 3.8) is 0 Å². The van der Waals surface area contributed by atoms with Crippen molar-refractivity contribution in [1.82, 2.24) is 4.90 Å². The van der Waals surface area contributed by atoms with E-state index in [1.165, 1.54) is 18.9 Å². The third-order valence-corrected chi connectivity index (χ3v) is 4.96. The number of phenols is 1. The molecule has 0 saturated carbocycles. The van der Waals surface area contributed by atoms with Crippen LogP contribution in [0.4, 0.5) is 0 Å². The van der Waals surface area contributed by atoms with E-state index in [9.17, 15) is 9.90 Å². The number of nitrogens with zero attached hydrogens (tertiary/aromatic N) is 1. The number of phenolic OH excluding ortho intramolecular Hbond substituents is 1. The first-order valence-electron chi connectivity index (χ1n) is 5.79. The molecule has 0 aromatic heterocycles. The van der Waals surface area contributed by atoms with E-state index in [1.807, 2.05) is 29.5 Å². The number of carbonyl (C=O) groups is 1. The molecular formula is C13H12INO3S2. The number of amides is 1. The van der Waals surface area contributed by atoms with Gasteiger partial charge in [-0.15, -0.1) is 0 Å². The largest absolute Gasteiger partial charge is 0.504 e. The number of carbonyl (C=O) groups excluding carboxylic acids is 1. The Kier molecular flexibility index (Phi) is 4.92. The number of methoxy groups -OCH3 is 1. The highest BCUT2D eigenvalue weighted by molar-refractivity contribution is 14.1. The highest BCUT2D eigenvalue weighted by Crippen LogP contribution is 2.36. The fourth-order valence-corrected chi connectivity index (χ4v) is 3.77. The van der Waals surface area contributed by atoms with Crippen LogP contribution in [0, 0.1) is 3.57 Å². The van der Waals surface area contributed by atoms with E-state index in [2.05, 4.69) is 0 Å². The topological polar surface area (TPSA) is 49.8 Å². The Bertz CT molecular complexity index is 616. The van der Waals surface area contributed by atoms with Crippen LogP contribution in [0.15, 0.2) is 17.0 Å². The normalized spacial score (nSPS) is 17.1. The van der Waals surface area contributed by atoms with E-state index in [0.717, 1.165) is 5.56 Å². The molecule has 0 spiro atoms. The number of benzene rings is 1. The van der Waals surface area contributed by atoms with Crippen LogP contribution in [0.5, 0.6) is 11.5 Å². The van der Waals surface area contributed by atoms with Gasteiger partial charge in [-0.25, -0.2) is 0 Å². The fourth-order valence-electron chi connectivity index (χ4n) is 1.76. The van der Waals surface area contributed by atoms with Gasteiger partial charge in [0.1, 0.15) is 4.32 Å². The summed E-state index contributed by atoms with van der Waals surface area (Å²) in [5.74, 6) is 0.407. The van der Waals surface area contributed by atoms with Crippen LogP contribution in [-0.2, 0) is 4.79 Å². The lowest BCUT2D eigenvalue weighted by Gasteiger charge is -2.09. The Balaban J connectivity index is 2.39. The number of hydrogen-bond donors (Lipinski definition) is 1. The summed E-state index contributed by atoms with van der Waals surface area (Å²) in [6.07, 6.45) is 1.76. The van der Waals surface area contributed by atoms with Crippen molar-refractivity contribution < 1.29 is 14.6 Å². The van der Waals surface area contributed by atoms with Crippen molar-refractivity contribution in [3.05, 3.63) is 26.2 Å². The molecule has 106 valence electrons. The number of ether oxygens (including phenoxy) is 1. The second-order valence-electron chi connectivity index (χ2n) is 3.98. The highest BCUT2D eigenvalue weighted by Gasteiger charge is 2.30. The van der Waals surface area contributed by atoms with Crippen LogP contribution in [-0.4, -0.2) is 33.9 Å². The molecule has 1 saturated heterocycles. The summed E-state index contributed by atoms with van der Waals surface area (Å²) in [4.78, 5) is 14.3. The lowest BCUT2D eigenvalue weighted by Crippen LogP contribution is -2.27. The van der Waals surface area contributed by atoms with Crippen molar-refractivity contribution >= 4 is 62.9 Å². The zero-order chi connectivity index (χ0) is 14.9. The molecule has 0 atom stereocenters. The number of likely N-dealkylation sites (N-methyl/N-ethyl adjacent to an activating group) is 1. The number of thioether (sulfide) groups is 1. The Morgan fingerprint density at radius 3 is 2.80 bits per heavy atom. The van der Waals surface area contributed by atoms with E-state index < -0.39 is 0 Å². The van der Waals surface area contributed by atoms with Crippen LogP contribution in [0.2, 0.25) is 0 Å². The molecule has 4 nitrogen and oxygen atoms in total. The Morgan fingerprint density at radius 1 is 1.55 bits per heavy atom. The van der Waals surface area contributed by atoms with Gasteiger partial charge in [-0.2, -0.15) is 0 Å². The number of thiocarbonyl (C=S) groups is 1. The van der Waals surface area contributed by atoms with E-state index in [1.54, 1.807) is 23.1 Å². The molecule has 1 N–H and O–H groups in total. The average Bonchev–Trinajstić information content (AvgIpc) is 2.68. The number of rotatable bonds is 3. The molecule has 0 unspecified atom stereocenters. The predicted molar refractivity (Wildman–Crippen MR) is 92.9 cm³/mol. The minimum absolute atomic E-state index is 0.0791. The lowest BCUT2D eigenvalue weighted by atomic mass is 10.2. The molecule has 0 radical (unpaired) electrons. The Hall–Kier alpha value is -0.800. The monoisotopic (exact) mass is 421 g/mol. The van der Waals surface area contributed by atoms with Crippen LogP contribution in [0.1, 0.15) is 12.5 Å². The maximum Gasteiger partial charge on any atom is 0.266 e. The molecule has 20 heavy (non-hydrogen) atoms. The number of hydrogen-bond acceptors (Lipinski definition) is 5. The summed E-state index contributed by atoms with van der Waals surface area (Å²) >= 11 is 8.47. The molecule has 1 aromatic carbocycles. The van der Waals surface area contributed by atoms with E-state index in [0.29, 0.717) is 25.1 Å². The van der Waals surface area contributed by atoms with Crippen molar-refractivity contribution in [2.75, 3.05) is 13.7 Å². The molecule has 7 heteroatoms. The van der Waals surface area contributed by atoms with Gasteiger partial charge in [-0.3, -0.25) is 9.69 Å². The molecule has 2 rings (SSSR count). The van der Waals surface area contributed by atoms with Gasteiger partial charge in [0, 0.05) is 6.54 Å². The molecule has 0 bridgehead atoms. The van der Waals surface area contributed by atoms with Crippen molar-refractivity contribution in [3.8, 4) is 11.5 Å². The highest BCUT2D eigenvalue weighted by atomic mass is 127. The summed E-state index contributed by atoms with van der Waals surface area (Å²) in [5.41, 5.74) is 0.792. The van der Waals surface area contributed by atoms with Crippen molar-refractivity contribution in [2.45, 2.75) is 6.92 Å². The van der Waals surface area contributed by atoms with Crippen LogP contribution >= 0.6 is 46.6 Å². The fraction of sp³-hybridized carbons (Fsp3) is 0.231. The van der Waals surface area contributed by atoms with Gasteiger partial charge in [0.2, 0.25) is 0 Å². The molecular weight excluding hydrogens is 409 g/mol. The van der Waals surface area contributed by atoms with Crippen LogP contribution < -0.4 is 4.74 Å². The third kappa shape index (κ3) is 2.94. The zero-order valence-corrected chi connectivity index (χ0v) is 14.6. The van der Waals surface area contributed by atoms with Crippen molar-refractivity contribution in [2.24, 2.45) is 0 Å². The number of halogens is 1. The minimum atomic E-state index is -0.0791. The quantitative estimate of drug-likeness (QED) is 0.462. The van der Waals surface area contributed by atoms with Gasteiger partial charge < -0.3 is 9.84 Å². The summed E-state index contributed by atoms with van der Waals surface area (Å²) in [5, 5.41) is 9.80. The molecule has 1 amide bonds. The van der Waals surface area contributed by atoms with Gasteiger partial charge in [0.05, 0.1) is 15.6 Å². The standard InChI is InChI=1S/C13H12INO3S2/c1-3-15-12(17)10(20-13(15)19)6-7-4-8(14)11(16)9(5-7)18-2/h4-6,16H,3H2,1-2H3/b10-6-. The molecule has 0 aliphatic carbocycles. The molecule has 1 heterocycles. The van der Waals surface area contributed by atoms with Crippen molar-refractivity contribution in [1.29, 1.82) is 0 Å². The molecule has 1 aliphatic rings. The maximum absolute atomic E-state index is 12.1. The second-order valence-corrected chi connectivity index (χ2v) is 6.82. The van der Waals surface area contributed by atoms with Gasteiger partial charge in [-0.1, -0.05) is 24.0 Å². The van der Waals surface area contributed by atoms with E-state index in [-0.39, 0.29) is 11.7 Å². The summed E-state index contributed by atoms with van der Waals surface area (Å²) < 4.78 is 6.35. The zero-order valence-electron chi connectivity index (χ0n) is 10.8. The summed E-state index contributed by atoms with van der Waals surface area (Å²) in [7, 11) is 1.49. The second kappa shape index (κ2) is 6.31. The lowest BCUT2D eigenvalue weighted by molar-refractivity contribution is -0.121. The maximum atomic E-state index is 12.1. The van der Waals surface area contributed by atoms with E-state index >= 15 is 0 Å².